The number of hydrogen-bond donors (Lipinski definition) is 0. The van der Waals surface area contributed by atoms with E-state index in [1.54, 1.807) is 24.3 Å². The first kappa shape index (κ1) is 12.9. The van der Waals surface area contributed by atoms with Crippen LogP contribution in [0.5, 0.6) is 0 Å². The molecule has 0 aliphatic heterocycles. The lowest BCUT2D eigenvalue weighted by molar-refractivity contribution is 0.104. The van der Waals surface area contributed by atoms with Crippen molar-refractivity contribution in [1.29, 1.82) is 0 Å². The zero-order valence-electron chi connectivity index (χ0n) is 11.2. The predicted octanol–water partition coefficient (Wildman–Crippen LogP) is 3.87. The monoisotopic (exact) mass is 268 g/mol. The van der Waals surface area contributed by atoms with Crippen molar-refractivity contribution >= 4 is 16.8 Å². The van der Waals surface area contributed by atoms with E-state index < -0.39 is 5.63 Å². The van der Waals surface area contributed by atoms with Crippen LogP contribution in [0, 0.1) is 0 Å². The van der Waals surface area contributed by atoms with Gasteiger partial charge in [-0.25, -0.2) is 4.79 Å². The lowest BCUT2D eigenvalue weighted by Gasteiger charge is -2.12. The third-order valence-corrected chi connectivity index (χ3v) is 3.74. The Labute approximate surface area is 116 Å². The van der Waals surface area contributed by atoms with Crippen molar-refractivity contribution in [2.24, 2.45) is 0 Å². The highest BCUT2D eigenvalue weighted by Gasteiger charge is 2.13. The molecular weight excluding hydrogens is 252 g/mol. The molecule has 3 rings (SSSR count). The molecule has 0 saturated heterocycles. The highest BCUT2D eigenvalue weighted by molar-refractivity contribution is 6.06. The van der Waals surface area contributed by atoms with Crippen LogP contribution < -0.4 is 5.63 Å². The number of ketones is 1. The molecule has 3 heteroatoms. The van der Waals surface area contributed by atoms with E-state index in [2.05, 4.69) is 0 Å². The van der Waals surface area contributed by atoms with Gasteiger partial charge in [-0.1, -0.05) is 30.2 Å². The molecule has 0 N–H and O–H groups in total. The van der Waals surface area contributed by atoms with Gasteiger partial charge in [0.1, 0.15) is 11.1 Å². The van der Waals surface area contributed by atoms with Crippen molar-refractivity contribution in [3.63, 3.8) is 0 Å². The quantitative estimate of drug-likeness (QED) is 0.472. The Bertz CT molecular complexity index is 729. The first-order valence-corrected chi connectivity index (χ1v) is 7.01. The molecule has 1 aromatic carbocycles. The first-order chi connectivity index (χ1) is 9.74. The number of fused-ring (bicyclic) bond motifs is 1. The summed E-state index contributed by atoms with van der Waals surface area (Å²) in [6.45, 7) is 0. The second-order valence-corrected chi connectivity index (χ2v) is 5.21. The highest BCUT2D eigenvalue weighted by atomic mass is 16.4. The Morgan fingerprint density at radius 1 is 1.10 bits per heavy atom. The summed E-state index contributed by atoms with van der Waals surface area (Å²) in [4.78, 5) is 24.1. The standard InChI is InChI=1S/C17H16O3/c18-15(10-12-6-2-1-3-7-12)14-11-13-8-4-5-9-16(13)20-17(14)19/h4-5,8-11H,1-3,6-7H2. The summed E-state index contributed by atoms with van der Waals surface area (Å²) >= 11 is 0. The van der Waals surface area contributed by atoms with Crippen LogP contribution in [0.3, 0.4) is 0 Å². The Morgan fingerprint density at radius 2 is 1.85 bits per heavy atom. The van der Waals surface area contributed by atoms with E-state index in [1.165, 1.54) is 6.42 Å². The fourth-order valence-electron chi connectivity index (χ4n) is 2.65. The zero-order chi connectivity index (χ0) is 13.9. The third-order valence-electron chi connectivity index (χ3n) is 3.74. The van der Waals surface area contributed by atoms with Crippen molar-refractivity contribution in [2.75, 3.05) is 0 Å². The van der Waals surface area contributed by atoms with Gasteiger partial charge < -0.3 is 4.42 Å². The van der Waals surface area contributed by atoms with Gasteiger partial charge in [-0.05, 0) is 43.9 Å². The SMILES string of the molecule is O=C(C=C1CCCCC1)c1cc2ccccc2oc1=O. The minimum Gasteiger partial charge on any atom is -0.422 e. The Morgan fingerprint density at radius 3 is 2.65 bits per heavy atom. The van der Waals surface area contributed by atoms with Crippen molar-refractivity contribution in [3.05, 3.63) is 58.0 Å². The summed E-state index contributed by atoms with van der Waals surface area (Å²) in [6, 6.07) is 8.85. The van der Waals surface area contributed by atoms with Gasteiger partial charge >= 0.3 is 5.63 Å². The molecule has 1 aliphatic rings. The smallest absolute Gasteiger partial charge is 0.347 e. The largest absolute Gasteiger partial charge is 0.422 e. The van der Waals surface area contributed by atoms with Gasteiger partial charge in [0.15, 0.2) is 5.78 Å². The number of para-hydroxylation sites is 1. The van der Waals surface area contributed by atoms with Crippen LogP contribution in [-0.4, -0.2) is 5.78 Å². The molecule has 1 aromatic heterocycles. The van der Waals surface area contributed by atoms with Gasteiger partial charge in [-0.15, -0.1) is 0 Å². The van der Waals surface area contributed by atoms with Gasteiger partial charge in [0, 0.05) is 5.39 Å². The molecule has 2 aromatic rings. The third kappa shape index (κ3) is 2.57. The molecule has 1 saturated carbocycles. The topological polar surface area (TPSA) is 47.3 Å². The molecule has 1 heterocycles. The van der Waals surface area contributed by atoms with E-state index in [9.17, 15) is 9.59 Å². The summed E-state index contributed by atoms with van der Waals surface area (Å²) in [6.07, 6.45) is 7.04. The van der Waals surface area contributed by atoms with Gasteiger partial charge in [0.05, 0.1) is 0 Å². The van der Waals surface area contributed by atoms with Crippen LogP contribution in [0.2, 0.25) is 0 Å². The Hall–Kier alpha value is -2.16. The molecule has 3 nitrogen and oxygen atoms in total. The van der Waals surface area contributed by atoms with E-state index in [-0.39, 0.29) is 11.3 Å². The van der Waals surface area contributed by atoms with Gasteiger partial charge in [-0.2, -0.15) is 0 Å². The lowest BCUT2D eigenvalue weighted by atomic mass is 9.93. The molecule has 0 unspecified atom stereocenters. The van der Waals surface area contributed by atoms with Crippen LogP contribution in [0.1, 0.15) is 42.5 Å². The summed E-state index contributed by atoms with van der Waals surface area (Å²) < 4.78 is 5.20. The maximum absolute atomic E-state index is 12.2. The Kier molecular flexibility index (Phi) is 3.50. The van der Waals surface area contributed by atoms with E-state index >= 15 is 0 Å². The Balaban J connectivity index is 1.98. The fraction of sp³-hybridized carbons (Fsp3) is 0.294. The molecule has 1 fully saturated rings. The van der Waals surface area contributed by atoms with Crippen LogP contribution in [0.25, 0.3) is 11.0 Å². The van der Waals surface area contributed by atoms with Crippen LogP contribution in [0.4, 0.5) is 0 Å². The summed E-state index contributed by atoms with van der Waals surface area (Å²) in [5.74, 6) is -0.235. The minimum atomic E-state index is -0.554. The number of benzene rings is 1. The van der Waals surface area contributed by atoms with Gasteiger partial charge in [0.25, 0.3) is 0 Å². The number of carbonyl (C=O) groups is 1. The second kappa shape index (κ2) is 5.45. The zero-order valence-corrected chi connectivity index (χ0v) is 11.2. The second-order valence-electron chi connectivity index (χ2n) is 5.21. The average Bonchev–Trinajstić information content (AvgIpc) is 2.47. The lowest BCUT2D eigenvalue weighted by Crippen LogP contribution is -2.13. The van der Waals surface area contributed by atoms with Crippen LogP contribution in [0.15, 0.2) is 51.2 Å². The summed E-state index contributed by atoms with van der Waals surface area (Å²) in [5, 5.41) is 0.775. The molecule has 0 spiro atoms. The molecule has 0 amide bonds. The van der Waals surface area contributed by atoms with Crippen molar-refractivity contribution < 1.29 is 9.21 Å². The molecular formula is C17H16O3. The van der Waals surface area contributed by atoms with E-state index in [4.69, 9.17) is 4.42 Å². The molecule has 0 bridgehead atoms. The molecule has 102 valence electrons. The normalized spacial score (nSPS) is 15.3. The van der Waals surface area contributed by atoms with E-state index in [1.807, 2.05) is 12.1 Å². The summed E-state index contributed by atoms with van der Waals surface area (Å²) in [7, 11) is 0. The van der Waals surface area contributed by atoms with Crippen LogP contribution >= 0.6 is 0 Å². The number of rotatable bonds is 2. The van der Waals surface area contributed by atoms with Crippen LogP contribution in [-0.2, 0) is 0 Å². The van der Waals surface area contributed by atoms with E-state index in [0.29, 0.717) is 5.58 Å². The van der Waals surface area contributed by atoms with Crippen molar-refractivity contribution in [1.82, 2.24) is 0 Å². The van der Waals surface area contributed by atoms with Crippen molar-refractivity contribution in [3.8, 4) is 0 Å². The van der Waals surface area contributed by atoms with Crippen molar-refractivity contribution in [2.45, 2.75) is 32.1 Å². The fourth-order valence-corrected chi connectivity index (χ4v) is 2.65. The molecule has 20 heavy (non-hydrogen) atoms. The highest BCUT2D eigenvalue weighted by Crippen LogP contribution is 2.23. The maximum Gasteiger partial charge on any atom is 0.347 e. The number of allylic oxidation sites excluding steroid dienone is 2. The summed E-state index contributed by atoms with van der Waals surface area (Å²) in [5.41, 5.74) is 1.23. The maximum atomic E-state index is 12.2. The predicted molar refractivity (Wildman–Crippen MR) is 78.0 cm³/mol. The number of carbonyl (C=O) groups excluding carboxylic acids is 1. The molecule has 1 aliphatic carbocycles. The number of hydrogen-bond acceptors (Lipinski definition) is 3. The first-order valence-electron chi connectivity index (χ1n) is 7.01. The van der Waals surface area contributed by atoms with Gasteiger partial charge in [0.2, 0.25) is 0 Å². The van der Waals surface area contributed by atoms with Gasteiger partial charge in [-0.3, -0.25) is 4.79 Å². The minimum absolute atomic E-state index is 0.127. The molecule has 0 radical (unpaired) electrons. The molecule has 0 atom stereocenters. The van der Waals surface area contributed by atoms with E-state index in [0.717, 1.165) is 36.6 Å². The average molecular weight is 268 g/mol.